The SMILES string of the molecule is CNc1ccc(C(=O)O)cc1S(C)=O. The zero-order valence-electron chi connectivity index (χ0n) is 7.90. The molecule has 1 aromatic carbocycles. The average Bonchev–Trinajstić information content (AvgIpc) is 2.16. The molecule has 1 aromatic rings. The molecule has 5 heteroatoms. The molecule has 0 saturated carbocycles. The van der Waals surface area contributed by atoms with Crippen molar-refractivity contribution in [1.29, 1.82) is 0 Å². The molecule has 2 N–H and O–H groups in total. The number of rotatable bonds is 3. The Morgan fingerprint density at radius 2 is 2.14 bits per heavy atom. The molecule has 1 atom stereocenters. The van der Waals surface area contributed by atoms with Crippen molar-refractivity contribution in [1.82, 2.24) is 0 Å². The monoisotopic (exact) mass is 213 g/mol. The van der Waals surface area contributed by atoms with E-state index in [-0.39, 0.29) is 5.56 Å². The summed E-state index contributed by atoms with van der Waals surface area (Å²) >= 11 is 0. The number of hydrogen-bond acceptors (Lipinski definition) is 3. The lowest BCUT2D eigenvalue weighted by Gasteiger charge is -2.06. The van der Waals surface area contributed by atoms with Gasteiger partial charge in [-0.15, -0.1) is 0 Å². The van der Waals surface area contributed by atoms with Crippen LogP contribution in [-0.2, 0) is 10.8 Å². The van der Waals surface area contributed by atoms with Gasteiger partial charge >= 0.3 is 5.97 Å². The molecule has 0 saturated heterocycles. The fourth-order valence-electron chi connectivity index (χ4n) is 1.10. The first kappa shape index (κ1) is 10.7. The molecular weight excluding hydrogens is 202 g/mol. The van der Waals surface area contributed by atoms with Gasteiger partial charge in [0.25, 0.3) is 0 Å². The molecule has 0 aliphatic rings. The van der Waals surface area contributed by atoms with E-state index in [1.165, 1.54) is 18.4 Å². The number of carboxylic acids is 1. The maximum Gasteiger partial charge on any atom is 0.335 e. The number of aromatic carboxylic acids is 1. The minimum Gasteiger partial charge on any atom is -0.478 e. The van der Waals surface area contributed by atoms with Crippen LogP contribution in [0, 0.1) is 0 Å². The molecule has 4 nitrogen and oxygen atoms in total. The average molecular weight is 213 g/mol. The van der Waals surface area contributed by atoms with Crippen molar-refractivity contribution in [3.05, 3.63) is 23.8 Å². The molecule has 76 valence electrons. The Hall–Kier alpha value is -1.36. The van der Waals surface area contributed by atoms with Crippen molar-refractivity contribution in [2.45, 2.75) is 4.90 Å². The molecule has 0 fully saturated rings. The lowest BCUT2D eigenvalue weighted by Crippen LogP contribution is -2.02. The third-order valence-corrected chi connectivity index (χ3v) is 2.76. The standard InChI is InChI=1S/C9H11NO3S/c1-10-7-4-3-6(9(11)12)5-8(7)14(2)13/h3-5,10H,1-2H3,(H,11,12). The molecule has 14 heavy (non-hydrogen) atoms. The molecule has 0 spiro atoms. The summed E-state index contributed by atoms with van der Waals surface area (Å²) in [4.78, 5) is 11.2. The second kappa shape index (κ2) is 4.23. The van der Waals surface area contributed by atoms with Crippen molar-refractivity contribution in [3.8, 4) is 0 Å². The van der Waals surface area contributed by atoms with Crippen LogP contribution in [0.1, 0.15) is 10.4 Å². The van der Waals surface area contributed by atoms with Gasteiger partial charge in [0.15, 0.2) is 0 Å². The van der Waals surface area contributed by atoms with Gasteiger partial charge in [0.2, 0.25) is 0 Å². The Kier molecular flexibility index (Phi) is 3.24. The first-order chi connectivity index (χ1) is 6.56. The van der Waals surface area contributed by atoms with Gasteiger partial charge in [0, 0.05) is 13.3 Å². The van der Waals surface area contributed by atoms with Gasteiger partial charge in [0.05, 0.1) is 26.9 Å². The van der Waals surface area contributed by atoms with E-state index in [1.54, 1.807) is 13.1 Å². The third-order valence-electron chi connectivity index (χ3n) is 1.81. The Balaban J connectivity index is 3.27. The second-order valence-corrected chi connectivity index (χ2v) is 4.07. The minimum absolute atomic E-state index is 0.147. The van der Waals surface area contributed by atoms with Crippen molar-refractivity contribution in [2.24, 2.45) is 0 Å². The smallest absolute Gasteiger partial charge is 0.335 e. The van der Waals surface area contributed by atoms with Crippen LogP contribution in [-0.4, -0.2) is 28.6 Å². The lowest BCUT2D eigenvalue weighted by molar-refractivity contribution is 0.0696. The lowest BCUT2D eigenvalue weighted by atomic mass is 10.2. The van der Waals surface area contributed by atoms with Crippen LogP contribution in [0.2, 0.25) is 0 Å². The van der Waals surface area contributed by atoms with Crippen LogP contribution in [0.5, 0.6) is 0 Å². The van der Waals surface area contributed by atoms with Gasteiger partial charge in [-0.25, -0.2) is 4.79 Å². The predicted molar refractivity (Wildman–Crippen MR) is 55.3 cm³/mol. The zero-order valence-corrected chi connectivity index (χ0v) is 8.72. The molecule has 1 unspecified atom stereocenters. The highest BCUT2D eigenvalue weighted by Crippen LogP contribution is 2.20. The molecule has 0 aliphatic carbocycles. The summed E-state index contributed by atoms with van der Waals surface area (Å²) in [5.41, 5.74) is 0.838. The summed E-state index contributed by atoms with van der Waals surface area (Å²) in [6, 6.07) is 4.51. The molecule has 0 amide bonds. The molecule has 0 radical (unpaired) electrons. The molecule has 0 bridgehead atoms. The molecule has 1 rings (SSSR count). The van der Waals surface area contributed by atoms with Crippen LogP contribution in [0.25, 0.3) is 0 Å². The summed E-state index contributed by atoms with van der Waals surface area (Å²) in [5.74, 6) is -1.01. The van der Waals surface area contributed by atoms with E-state index >= 15 is 0 Å². The topological polar surface area (TPSA) is 66.4 Å². The van der Waals surface area contributed by atoms with Crippen LogP contribution in [0.15, 0.2) is 23.1 Å². The van der Waals surface area contributed by atoms with Gasteiger partial charge in [-0.3, -0.25) is 4.21 Å². The van der Waals surface area contributed by atoms with Gasteiger partial charge in [-0.05, 0) is 18.2 Å². The Morgan fingerprint density at radius 3 is 2.57 bits per heavy atom. The summed E-state index contributed by atoms with van der Waals surface area (Å²) in [7, 11) is 0.507. The molecule has 0 aliphatic heterocycles. The number of carbonyl (C=O) groups is 1. The first-order valence-electron chi connectivity index (χ1n) is 3.94. The fourth-order valence-corrected chi connectivity index (χ4v) is 1.87. The molecular formula is C9H11NO3S. The van der Waals surface area contributed by atoms with E-state index in [2.05, 4.69) is 5.32 Å². The minimum atomic E-state index is -1.19. The largest absolute Gasteiger partial charge is 0.478 e. The normalized spacial score (nSPS) is 12.1. The Bertz CT molecular complexity index is 390. The number of nitrogens with one attached hydrogen (secondary N) is 1. The maximum atomic E-state index is 11.3. The van der Waals surface area contributed by atoms with E-state index in [0.29, 0.717) is 10.6 Å². The quantitative estimate of drug-likeness (QED) is 0.790. The van der Waals surface area contributed by atoms with Crippen molar-refractivity contribution < 1.29 is 14.1 Å². The zero-order chi connectivity index (χ0) is 10.7. The van der Waals surface area contributed by atoms with Crippen molar-refractivity contribution >= 4 is 22.5 Å². The van der Waals surface area contributed by atoms with Crippen LogP contribution < -0.4 is 5.32 Å². The van der Waals surface area contributed by atoms with E-state index in [1.807, 2.05) is 0 Å². The van der Waals surface area contributed by atoms with Gasteiger partial charge in [0.1, 0.15) is 0 Å². The summed E-state index contributed by atoms with van der Waals surface area (Å²) in [6.07, 6.45) is 1.52. The van der Waals surface area contributed by atoms with Gasteiger partial charge in [-0.2, -0.15) is 0 Å². The van der Waals surface area contributed by atoms with Gasteiger partial charge in [-0.1, -0.05) is 0 Å². The summed E-state index contributed by atoms with van der Waals surface area (Å²) in [5, 5.41) is 11.6. The Labute approximate surface area is 84.4 Å². The first-order valence-corrected chi connectivity index (χ1v) is 5.50. The third kappa shape index (κ3) is 2.11. The number of benzene rings is 1. The highest BCUT2D eigenvalue weighted by Gasteiger charge is 2.09. The fraction of sp³-hybridized carbons (Fsp3) is 0.222. The van der Waals surface area contributed by atoms with Crippen LogP contribution >= 0.6 is 0 Å². The number of carboxylic acid groups (broad SMARTS) is 1. The van der Waals surface area contributed by atoms with E-state index < -0.39 is 16.8 Å². The summed E-state index contributed by atoms with van der Waals surface area (Å²) in [6.45, 7) is 0. The predicted octanol–water partition coefficient (Wildman–Crippen LogP) is 1.16. The number of hydrogen-bond donors (Lipinski definition) is 2. The van der Waals surface area contributed by atoms with Gasteiger partial charge < -0.3 is 10.4 Å². The van der Waals surface area contributed by atoms with Crippen LogP contribution in [0.3, 0.4) is 0 Å². The van der Waals surface area contributed by atoms with Crippen molar-refractivity contribution in [3.63, 3.8) is 0 Å². The Morgan fingerprint density at radius 1 is 1.50 bits per heavy atom. The highest BCUT2D eigenvalue weighted by molar-refractivity contribution is 7.84. The van der Waals surface area contributed by atoms with E-state index in [4.69, 9.17) is 5.11 Å². The highest BCUT2D eigenvalue weighted by atomic mass is 32.2. The van der Waals surface area contributed by atoms with E-state index in [9.17, 15) is 9.00 Å². The van der Waals surface area contributed by atoms with Crippen molar-refractivity contribution in [2.75, 3.05) is 18.6 Å². The summed E-state index contributed by atoms with van der Waals surface area (Å²) < 4.78 is 11.3. The number of anilines is 1. The van der Waals surface area contributed by atoms with Crippen LogP contribution in [0.4, 0.5) is 5.69 Å². The van der Waals surface area contributed by atoms with E-state index in [0.717, 1.165) is 0 Å². The second-order valence-electron chi connectivity index (χ2n) is 2.72. The molecule has 0 aromatic heterocycles. The molecule has 0 heterocycles. The maximum absolute atomic E-state index is 11.3.